The van der Waals surface area contributed by atoms with Gasteiger partial charge >= 0.3 is 0 Å². The smallest absolute Gasteiger partial charge is 0.135 e. The Labute approximate surface area is 131 Å². The Balaban J connectivity index is 2.21. The molecule has 0 aliphatic heterocycles. The van der Waals surface area contributed by atoms with Crippen LogP contribution in [0.4, 0.5) is 0 Å². The molecule has 21 heavy (non-hydrogen) atoms. The lowest BCUT2D eigenvalue weighted by atomic mass is 10.0. The number of rotatable bonds is 6. The first-order valence-corrected chi connectivity index (χ1v) is 7.67. The van der Waals surface area contributed by atoms with Gasteiger partial charge in [0.1, 0.15) is 12.4 Å². The molecule has 0 aliphatic rings. The van der Waals surface area contributed by atoms with E-state index in [0.717, 1.165) is 35.1 Å². The molecular weight excluding hydrogens is 284 g/mol. The summed E-state index contributed by atoms with van der Waals surface area (Å²) in [5, 5.41) is 2.23. The number of hydrogen-bond donors (Lipinski definition) is 0. The van der Waals surface area contributed by atoms with Crippen LogP contribution in [-0.4, -0.2) is 25.7 Å². The summed E-state index contributed by atoms with van der Waals surface area (Å²) in [5.41, 5.74) is 0.893. The van der Waals surface area contributed by atoms with Gasteiger partial charge in [-0.15, -0.1) is 11.6 Å². The summed E-state index contributed by atoms with van der Waals surface area (Å²) in [4.78, 5) is 0. The number of benzene rings is 2. The summed E-state index contributed by atoms with van der Waals surface area (Å²) < 4.78 is 11.2. The first-order chi connectivity index (χ1) is 10.4. The Morgan fingerprint density at radius 1 is 1.05 bits per heavy atom. The van der Waals surface area contributed by atoms with Gasteiger partial charge in [0.05, 0.1) is 18.1 Å². The van der Waals surface area contributed by atoms with Crippen LogP contribution < -0.4 is 4.74 Å². The number of hydrogen-bond acceptors (Lipinski definition) is 2. The molecule has 0 amide bonds. The standard InChI is InChI=1S/C18H19ClO2/c1-2-12-20-13-14-21-18-10-9-15-6-3-4-7-16(15)17(18)8-5-11-19/h3-4,6-7,9-10H,2,11-14H2,1H3. The average Bonchev–Trinajstić information content (AvgIpc) is 2.53. The molecule has 2 nitrogen and oxygen atoms in total. The summed E-state index contributed by atoms with van der Waals surface area (Å²) in [6, 6.07) is 12.1. The zero-order chi connectivity index (χ0) is 14.9. The van der Waals surface area contributed by atoms with Crippen LogP contribution >= 0.6 is 11.6 Å². The maximum Gasteiger partial charge on any atom is 0.135 e. The number of halogens is 1. The van der Waals surface area contributed by atoms with Gasteiger partial charge in [-0.1, -0.05) is 49.1 Å². The zero-order valence-electron chi connectivity index (χ0n) is 12.2. The normalized spacial score (nSPS) is 10.2. The molecule has 0 bridgehead atoms. The minimum atomic E-state index is 0.308. The van der Waals surface area contributed by atoms with Gasteiger partial charge in [-0.25, -0.2) is 0 Å². The van der Waals surface area contributed by atoms with Gasteiger partial charge in [0.2, 0.25) is 0 Å². The van der Waals surface area contributed by atoms with Gasteiger partial charge < -0.3 is 9.47 Å². The van der Waals surface area contributed by atoms with Crippen LogP contribution in [0.1, 0.15) is 18.9 Å². The highest BCUT2D eigenvalue weighted by Gasteiger charge is 2.06. The molecule has 2 rings (SSSR count). The highest BCUT2D eigenvalue weighted by molar-refractivity contribution is 6.19. The van der Waals surface area contributed by atoms with Crippen molar-refractivity contribution in [3.63, 3.8) is 0 Å². The lowest BCUT2D eigenvalue weighted by molar-refractivity contribution is 0.101. The van der Waals surface area contributed by atoms with E-state index in [-0.39, 0.29) is 0 Å². The molecule has 0 spiro atoms. The van der Waals surface area contributed by atoms with Crippen molar-refractivity contribution in [2.75, 3.05) is 25.7 Å². The topological polar surface area (TPSA) is 18.5 Å². The van der Waals surface area contributed by atoms with Crippen LogP contribution in [0.5, 0.6) is 5.75 Å². The van der Waals surface area contributed by atoms with Gasteiger partial charge in [0.15, 0.2) is 0 Å². The van der Waals surface area contributed by atoms with E-state index in [1.165, 1.54) is 0 Å². The van der Waals surface area contributed by atoms with Gasteiger partial charge in [0.25, 0.3) is 0 Å². The molecule has 0 aromatic heterocycles. The molecular formula is C18H19ClO2. The third kappa shape index (κ3) is 4.39. The number of fused-ring (bicyclic) bond motifs is 1. The molecule has 3 heteroatoms. The number of ether oxygens (including phenoxy) is 2. The molecule has 0 saturated carbocycles. The van der Waals surface area contributed by atoms with E-state index in [1.54, 1.807) is 0 Å². The molecule has 0 N–H and O–H groups in total. The number of alkyl halides is 1. The molecule has 0 fully saturated rings. The van der Waals surface area contributed by atoms with E-state index in [1.807, 2.05) is 30.3 Å². The van der Waals surface area contributed by atoms with Crippen molar-refractivity contribution >= 4 is 22.4 Å². The Morgan fingerprint density at radius 2 is 1.90 bits per heavy atom. The van der Waals surface area contributed by atoms with Gasteiger partial charge in [-0.05, 0) is 17.9 Å². The van der Waals surface area contributed by atoms with Crippen LogP contribution in [0.25, 0.3) is 10.8 Å². The molecule has 0 radical (unpaired) electrons. The van der Waals surface area contributed by atoms with Crippen molar-refractivity contribution in [3.8, 4) is 17.6 Å². The Kier molecular flexibility index (Phi) is 6.40. The van der Waals surface area contributed by atoms with Crippen LogP contribution in [0.2, 0.25) is 0 Å². The fourth-order valence-corrected chi connectivity index (χ4v) is 2.15. The van der Waals surface area contributed by atoms with E-state index in [0.29, 0.717) is 19.1 Å². The molecule has 2 aromatic rings. The Hall–Kier alpha value is -1.69. The summed E-state index contributed by atoms with van der Waals surface area (Å²) in [7, 11) is 0. The second kappa shape index (κ2) is 8.56. The average molecular weight is 303 g/mol. The SMILES string of the molecule is CCCOCCOc1ccc2ccccc2c1C#CCCl. The highest BCUT2D eigenvalue weighted by atomic mass is 35.5. The highest BCUT2D eigenvalue weighted by Crippen LogP contribution is 2.27. The van der Waals surface area contributed by atoms with Gasteiger partial charge in [0, 0.05) is 12.0 Å². The largest absolute Gasteiger partial charge is 0.490 e. The summed E-state index contributed by atoms with van der Waals surface area (Å²) in [6.45, 7) is 3.96. The Bertz CT molecular complexity index is 640. The molecule has 2 aromatic carbocycles. The van der Waals surface area contributed by atoms with Gasteiger partial charge in [-0.2, -0.15) is 0 Å². The second-order valence-electron chi connectivity index (χ2n) is 4.56. The van der Waals surface area contributed by atoms with Crippen molar-refractivity contribution in [1.82, 2.24) is 0 Å². The van der Waals surface area contributed by atoms with Crippen molar-refractivity contribution in [2.24, 2.45) is 0 Å². The summed E-state index contributed by atoms with van der Waals surface area (Å²) >= 11 is 5.68. The lowest BCUT2D eigenvalue weighted by Gasteiger charge is -2.11. The van der Waals surface area contributed by atoms with Crippen molar-refractivity contribution in [2.45, 2.75) is 13.3 Å². The quantitative estimate of drug-likeness (QED) is 0.451. The second-order valence-corrected chi connectivity index (χ2v) is 4.82. The molecule has 0 saturated heterocycles. The van der Waals surface area contributed by atoms with Crippen LogP contribution in [0, 0.1) is 11.8 Å². The predicted octanol–water partition coefficient (Wildman–Crippen LogP) is 4.24. The fourth-order valence-electron chi connectivity index (χ4n) is 2.08. The van der Waals surface area contributed by atoms with Crippen molar-refractivity contribution in [1.29, 1.82) is 0 Å². The summed E-state index contributed by atoms with van der Waals surface area (Å²) in [5.74, 6) is 7.11. The third-order valence-corrected chi connectivity index (χ3v) is 3.14. The summed E-state index contributed by atoms with van der Waals surface area (Å²) in [6.07, 6.45) is 1.02. The monoisotopic (exact) mass is 302 g/mol. The molecule has 110 valence electrons. The van der Waals surface area contributed by atoms with Crippen LogP contribution in [-0.2, 0) is 4.74 Å². The lowest BCUT2D eigenvalue weighted by Crippen LogP contribution is -2.08. The Morgan fingerprint density at radius 3 is 2.71 bits per heavy atom. The molecule has 0 heterocycles. The molecule has 0 unspecified atom stereocenters. The van der Waals surface area contributed by atoms with E-state index in [9.17, 15) is 0 Å². The van der Waals surface area contributed by atoms with Crippen LogP contribution in [0.15, 0.2) is 36.4 Å². The molecule has 0 atom stereocenters. The third-order valence-electron chi connectivity index (χ3n) is 3.00. The predicted molar refractivity (Wildman–Crippen MR) is 88.2 cm³/mol. The van der Waals surface area contributed by atoms with E-state index >= 15 is 0 Å². The maximum absolute atomic E-state index is 5.82. The molecule has 0 aliphatic carbocycles. The van der Waals surface area contributed by atoms with Crippen molar-refractivity contribution in [3.05, 3.63) is 42.0 Å². The van der Waals surface area contributed by atoms with E-state index < -0.39 is 0 Å². The van der Waals surface area contributed by atoms with Crippen LogP contribution in [0.3, 0.4) is 0 Å². The maximum atomic E-state index is 5.82. The first-order valence-electron chi connectivity index (χ1n) is 7.14. The minimum Gasteiger partial charge on any atom is -0.490 e. The first kappa shape index (κ1) is 15.7. The zero-order valence-corrected chi connectivity index (χ0v) is 13.0. The van der Waals surface area contributed by atoms with E-state index in [2.05, 4.69) is 24.8 Å². The van der Waals surface area contributed by atoms with Gasteiger partial charge in [-0.3, -0.25) is 0 Å². The fraction of sp³-hybridized carbons (Fsp3) is 0.333. The minimum absolute atomic E-state index is 0.308. The van der Waals surface area contributed by atoms with Crippen molar-refractivity contribution < 1.29 is 9.47 Å². The van der Waals surface area contributed by atoms with E-state index in [4.69, 9.17) is 21.1 Å².